The number of nitrogens with zero attached hydrogens (tertiary/aromatic N) is 4. The molecular formula is C21H20F3N5O. The Balaban J connectivity index is 1.68. The molecule has 1 aromatic carbocycles. The van der Waals surface area contributed by atoms with Gasteiger partial charge in [-0.2, -0.15) is 13.2 Å². The molecule has 6 nitrogen and oxygen atoms in total. The Labute approximate surface area is 171 Å². The zero-order valence-electron chi connectivity index (χ0n) is 16.1. The lowest BCUT2D eigenvalue weighted by Crippen LogP contribution is -2.47. The minimum absolute atomic E-state index is 0.0287. The zero-order valence-corrected chi connectivity index (χ0v) is 16.1. The molecule has 0 radical (unpaired) electrons. The minimum atomic E-state index is -4.39. The molecule has 30 heavy (non-hydrogen) atoms. The van der Waals surface area contributed by atoms with Gasteiger partial charge in [0.25, 0.3) is 0 Å². The van der Waals surface area contributed by atoms with Gasteiger partial charge in [0.15, 0.2) is 5.65 Å². The molecule has 1 saturated heterocycles. The van der Waals surface area contributed by atoms with Crippen molar-refractivity contribution >= 4 is 17.4 Å². The Morgan fingerprint density at radius 2 is 2.03 bits per heavy atom. The van der Waals surface area contributed by atoms with E-state index in [4.69, 9.17) is 4.98 Å². The van der Waals surface area contributed by atoms with Crippen molar-refractivity contribution in [3.63, 3.8) is 0 Å². The fourth-order valence-electron chi connectivity index (χ4n) is 3.64. The maximum Gasteiger partial charge on any atom is 0.416 e. The van der Waals surface area contributed by atoms with E-state index >= 15 is 0 Å². The molecule has 0 saturated carbocycles. The minimum Gasteiger partial charge on any atom is -0.353 e. The molecule has 1 amide bonds. The first-order valence-corrected chi connectivity index (χ1v) is 9.54. The number of piperidine rings is 1. The highest BCUT2D eigenvalue weighted by molar-refractivity contribution is 5.87. The number of alkyl halides is 3. The van der Waals surface area contributed by atoms with Gasteiger partial charge in [0, 0.05) is 37.1 Å². The van der Waals surface area contributed by atoms with E-state index in [2.05, 4.69) is 21.8 Å². The van der Waals surface area contributed by atoms with E-state index in [-0.39, 0.29) is 11.9 Å². The number of carbonyl (C=O) groups excluding carboxylic acids is 1. The molecule has 1 aliphatic rings. The van der Waals surface area contributed by atoms with E-state index in [9.17, 15) is 18.0 Å². The number of amides is 1. The van der Waals surface area contributed by atoms with E-state index < -0.39 is 11.7 Å². The number of rotatable bonds is 4. The fourth-order valence-corrected chi connectivity index (χ4v) is 3.64. The van der Waals surface area contributed by atoms with Crippen LogP contribution in [0.15, 0.2) is 55.5 Å². The number of benzene rings is 1. The number of imidazole rings is 1. The molecule has 1 fully saturated rings. The van der Waals surface area contributed by atoms with Crippen LogP contribution in [0.3, 0.4) is 0 Å². The monoisotopic (exact) mass is 415 g/mol. The van der Waals surface area contributed by atoms with Crippen LogP contribution in [0.1, 0.15) is 18.4 Å². The number of nitrogens with one attached hydrogen (secondary N) is 1. The molecule has 9 heteroatoms. The third kappa shape index (κ3) is 4.00. The fraction of sp³-hybridized carbons (Fsp3) is 0.286. The Morgan fingerprint density at radius 1 is 1.27 bits per heavy atom. The number of hydrogen-bond acceptors (Lipinski definition) is 4. The summed E-state index contributed by atoms with van der Waals surface area (Å²) in [5.41, 5.74) is 0.906. The average molecular weight is 415 g/mol. The summed E-state index contributed by atoms with van der Waals surface area (Å²) in [5, 5.41) is 2.91. The highest BCUT2D eigenvalue weighted by Gasteiger charge is 2.30. The third-order valence-corrected chi connectivity index (χ3v) is 5.12. The predicted molar refractivity (Wildman–Crippen MR) is 107 cm³/mol. The highest BCUT2D eigenvalue weighted by atomic mass is 19.4. The Morgan fingerprint density at radius 3 is 2.73 bits per heavy atom. The molecule has 156 valence electrons. The van der Waals surface area contributed by atoms with Crippen molar-refractivity contribution in [2.24, 2.45) is 0 Å². The van der Waals surface area contributed by atoms with E-state index in [1.807, 2.05) is 6.20 Å². The second-order valence-corrected chi connectivity index (χ2v) is 7.18. The van der Waals surface area contributed by atoms with Gasteiger partial charge in [-0.3, -0.25) is 4.79 Å². The number of anilines is 1. The molecule has 3 heterocycles. The number of halogens is 3. The molecule has 2 aromatic heterocycles. The van der Waals surface area contributed by atoms with Crippen LogP contribution < -0.4 is 10.2 Å². The van der Waals surface area contributed by atoms with Crippen LogP contribution in [0.4, 0.5) is 19.0 Å². The molecule has 3 aromatic rings. The Bertz CT molecular complexity index is 1070. The molecule has 1 aliphatic heterocycles. The van der Waals surface area contributed by atoms with E-state index in [1.165, 1.54) is 18.2 Å². The van der Waals surface area contributed by atoms with Crippen LogP contribution in [-0.4, -0.2) is 39.4 Å². The van der Waals surface area contributed by atoms with Gasteiger partial charge in [-0.25, -0.2) is 9.97 Å². The lowest BCUT2D eigenvalue weighted by atomic mass is 10.1. The Kier molecular flexibility index (Phi) is 5.19. The van der Waals surface area contributed by atoms with Crippen LogP contribution in [0.5, 0.6) is 0 Å². The van der Waals surface area contributed by atoms with Crippen molar-refractivity contribution in [1.82, 2.24) is 19.7 Å². The summed E-state index contributed by atoms with van der Waals surface area (Å²) in [7, 11) is 0. The quantitative estimate of drug-likeness (QED) is 0.661. The second kappa shape index (κ2) is 7.81. The van der Waals surface area contributed by atoms with Gasteiger partial charge in [0.1, 0.15) is 11.5 Å². The van der Waals surface area contributed by atoms with Crippen LogP contribution in [0.2, 0.25) is 0 Å². The van der Waals surface area contributed by atoms with Crippen molar-refractivity contribution in [3.05, 3.63) is 61.1 Å². The van der Waals surface area contributed by atoms with Crippen LogP contribution >= 0.6 is 0 Å². The lowest BCUT2D eigenvalue weighted by Gasteiger charge is -2.34. The molecule has 1 atom stereocenters. The van der Waals surface area contributed by atoms with Gasteiger partial charge in [-0.1, -0.05) is 18.7 Å². The maximum atomic E-state index is 12.9. The topological polar surface area (TPSA) is 62.5 Å². The van der Waals surface area contributed by atoms with E-state index in [0.29, 0.717) is 29.3 Å². The lowest BCUT2D eigenvalue weighted by molar-refractivity contribution is -0.137. The molecular weight excluding hydrogens is 395 g/mol. The first-order chi connectivity index (χ1) is 14.3. The Hall–Kier alpha value is -3.36. The molecule has 0 aliphatic carbocycles. The molecule has 0 spiro atoms. The van der Waals surface area contributed by atoms with Crippen molar-refractivity contribution in [2.75, 3.05) is 18.0 Å². The van der Waals surface area contributed by atoms with Crippen molar-refractivity contribution in [1.29, 1.82) is 0 Å². The largest absolute Gasteiger partial charge is 0.416 e. The average Bonchev–Trinajstić information content (AvgIpc) is 3.21. The molecule has 1 N–H and O–H groups in total. The summed E-state index contributed by atoms with van der Waals surface area (Å²) in [4.78, 5) is 22.7. The standard InChI is InChI=1S/C21H20F3N5O/c1-2-18(30)26-16-4-3-10-28(12-16)17-13-29-11-9-25-20(29)19(27-17)14-5-7-15(8-6-14)21(22,23)24/h2,5-9,11,13,16H,1,3-4,10,12H2,(H,26,30). The van der Waals surface area contributed by atoms with Gasteiger partial charge in [0.2, 0.25) is 5.91 Å². The van der Waals surface area contributed by atoms with Crippen molar-refractivity contribution < 1.29 is 18.0 Å². The maximum absolute atomic E-state index is 12.9. The SMILES string of the molecule is C=CC(=O)NC1CCCN(c2cn3ccnc3c(-c3ccc(C(F)(F)F)cc3)n2)C1. The van der Waals surface area contributed by atoms with Gasteiger partial charge in [-0.05, 0) is 31.1 Å². The molecule has 1 unspecified atom stereocenters. The number of hydrogen-bond donors (Lipinski definition) is 1. The summed E-state index contributed by atoms with van der Waals surface area (Å²) in [6.45, 7) is 4.83. The first kappa shape index (κ1) is 19.9. The first-order valence-electron chi connectivity index (χ1n) is 9.54. The third-order valence-electron chi connectivity index (χ3n) is 5.12. The predicted octanol–water partition coefficient (Wildman–Crippen LogP) is 3.69. The summed E-state index contributed by atoms with van der Waals surface area (Å²) < 4.78 is 40.5. The number of carbonyl (C=O) groups is 1. The second-order valence-electron chi connectivity index (χ2n) is 7.18. The van der Waals surface area contributed by atoms with Crippen molar-refractivity contribution in [2.45, 2.75) is 25.1 Å². The summed E-state index contributed by atoms with van der Waals surface area (Å²) in [6, 6.07) is 4.88. The van der Waals surface area contributed by atoms with E-state index in [1.54, 1.807) is 16.8 Å². The normalized spacial score (nSPS) is 17.2. The van der Waals surface area contributed by atoms with Crippen molar-refractivity contribution in [3.8, 4) is 11.3 Å². The summed E-state index contributed by atoms with van der Waals surface area (Å²) in [5.74, 6) is 0.457. The van der Waals surface area contributed by atoms with Gasteiger partial charge in [-0.15, -0.1) is 0 Å². The van der Waals surface area contributed by atoms with Crippen LogP contribution in [0, 0.1) is 0 Å². The summed E-state index contributed by atoms with van der Waals surface area (Å²) >= 11 is 0. The van der Waals surface area contributed by atoms with Gasteiger partial charge in [0.05, 0.1) is 11.8 Å². The molecule has 4 rings (SSSR count). The van der Waals surface area contributed by atoms with Crippen LogP contribution in [0.25, 0.3) is 16.9 Å². The summed E-state index contributed by atoms with van der Waals surface area (Å²) in [6.07, 6.45) is 3.82. The number of aromatic nitrogens is 3. The highest BCUT2D eigenvalue weighted by Crippen LogP contribution is 2.32. The van der Waals surface area contributed by atoms with Gasteiger partial charge >= 0.3 is 6.18 Å². The zero-order chi connectivity index (χ0) is 21.3. The van der Waals surface area contributed by atoms with Gasteiger partial charge < -0.3 is 14.6 Å². The smallest absolute Gasteiger partial charge is 0.353 e. The number of fused-ring (bicyclic) bond motifs is 1. The van der Waals surface area contributed by atoms with E-state index in [0.717, 1.165) is 31.5 Å². The molecule has 0 bridgehead atoms. The van der Waals surface area contributed by atoms with Crippen LogP contribution in [-0.2, 0) is 11.0 Å².